The van der Waals surface area contributed by atoms with Gasteiger partial charge in [-0.15, -0.1) is 0 Å². The topological polar surface area (TPSA) is 0 Å². The van der Waals surface area contributed by atoms with Crippen molar-refractivity contribution in [1.29, 1.82) is 0 Å². The van der Waals surface area contributed by atoms with E-state index >= 15 is 0 Å². The van der Waals surface area contributed by atoms with Gasteiger partial charge in [-0.1, -0.05) is 209 Å². The molecule has 5 unspecified atom stereocenters. The van der Waals surface area contributed by atoms with Gasteiger partial charge in [0.2, 0.25) is 0 Å². The molecule has 0 nitrogen and oxygen atoms in total. The molecule has 0 aromatic carbocycles. The van der Waals surface area contributed by atoms with Gasteiger partial charge in [0.25, 0.3) is 0 Å². The highest BCUT2D eigenvalue weighted by Crippen LogP contribution is 2.25. The molecule has 0 aliphatic rings. The Balaban J connectivity index is 3.56. The molecule has 0 radical (unpaired) electrons. The first-order chi connectivity index (χ1) is 18.2. The quantitative estimate of drug-likeness (QED) is 0.0837. The van der Waals surface area contributed by atoms with Gasteiger partial charge in [-0.3, -0.25) is 0 Å². The zero-order valence-corrected chi connectivity index (χ0v) is 28.4. The largest absolute Gasteiger partial charge is 0.0654 e. The summed E-state index contributed by atoms with van der Waals surface area (Å²) in [6.07, 6.45) is 34.9. The summed E-state index contributed by atoms with van der Waals surface area (Å²) in [6, 6.07) is 0. The van der Waals surface area contributed by atoms with Gasteiger partial charge in [0.1, 0.15) is 0 Å². The lowest BCUT2D eigenvalue weighted by Gasteiger charge is -2.17. The first-order valence-corrected chi connectivity index (χ1v) is 18.2. The van der Waals surface area contributed by atoms with Crippen LogP contribution in [0, 0.1) is 35.5 Å². The summed E-state index contributed by atoms with van der Waals surface area (Å²) >= 11 is 0. The van der Waals surface area contributed by atoms with Gasteiger partial charge >= 0.3 is 0 Å². The maximum absolute atomic E-state index is 2.51. The van der Waals surface area contributed by atoms with Crippen LogP contribution in [0.1, 0.15) is 209 Å². The third kappa shape index (κ3) is 27.6. The Morgan fingerprint density at radius 1 is 0.263 bits per heavy atom. The molecule has 0 N–H and O–H groups in total. The Morgan fingerprint density at radius 2 is 0.500 bits per heavy atom. The fourth-order valence-electron chi connectivity index (χ4n) is 6.48. The zero-order valence-electron chi connectivity index (χ0n) is 28.4. The predicted octanol–water partition coefficient (Wildman–Crippen LogP) is 14.2. The Bertz CT molecular complexity index is 451. The molecule has 0 saturated carbocycles. The first-order valence-electron chi connectivity index (χ1n) is 18.2. The van der Waals surface area contributed by atoms with Crippen LogP contribution in [-0.4, -0.2) is 0 Å². The molecule has 0 bridgehead atoms. The predicted molar refractivity (Wildman–Crippen MR) is 177 cm³/mol. The minimum Gasteiger partial charge on any atom is -0.0654 e. The highest BCUT2D eigenvalue weighted by Gasteiger charge is 2.09. The van der Waals surface area contributed by atoms with E-state index in [0.717, 1.165) is 35.5 Å². The second kappa shape index (κ2) is 27.2. The van der Waals surface area contributed by atoms with Crippen LogP contribution in [0.25, 0.3) is 0 Å². The summed E-state index contributed by atoms with van der Waals surface area (Å²) in [5, 5.41) is 0. The van der Waals surface area contributed by atoms with Gasteiger partial charge in [0.15, 0.2) is 0 Å². The van der Waals surface area contributed by atoms with Gasteiger partial charge in [0, 0.05) is 0 Å². The number of rotatable bonds is 29. The van der Waals surface area contributed by atoms with Crippen molar-refractivity contribution in [2.75, 3.05) is 0 Å². The van der Waals surface area contributed by atoms with E-state index in [4.69, 9.17) is 0 Å². The molecule has 0 fully saturated rings. The molecule has 0 rings (SSSR count). The third-order valence-corrected chi connectivity index (χ3v) is 9.60. The Labute approximate surface area is 244 Å². The second-order valence-electron chi connectivity index (χ2n) is 14.8. The summed E-state index contributed by atoms with van der Waals surface area (Å²) < 4.78 is 0. The molecule has 0 heteroatoms. The van der Waals surface area contributed by atoms with Crippen molar-refractivity contribution in [2.45, 2.75) is 209 Å². The molecule has 0 amide bonds. The monoisotopic (exact) mass is 535 g/mol. The number of hydrogen-bond donors (Lipinski definition) is 0. The van der Waals surface area contributed by atoms with Crippen molar-refractivity contribution >= 4 is 0 Å². The Morgan fingerprint density at radius 3 is 0.816 bits per heavy atom. The molecule has 0 aliphatic carbocycles. The molecular weight excluding hydrogens is 456 g/mol. The minimum atomic E-state index is 0.876. The Hall–Kier alpha value is 0. The van der Waals surface area contributed by atoms with Crippen LogP contribution in [0.4, 0.5) is 0 Å². The SMILES string of the molecule is CCCCCCCCCC(C)CCCC(C)CCCC(C)CCCCC(C)CCCC(C)CCCC(C)C. The van der Waals surface area contributed by atoms with Gasteiger partial charge < -0.3 is 0 Å². The van der Waals surface area contributed by atoms with Crippen molar-refractivity contribution < 1.29 is 0 Å². The summed E-state index contributed by atoms with van der Waals surface area (Å²) in [5.41, 5.74) is 0. The molecule has 0 saturated heterocycles. The fourth-order valence-corrected chi connectivity index (χ4v) is 6.48. The van der Waals surface area contributed by atoms with Crippen LogP contribution in [0.3, 0.4) is 0 Å². The number of unbranched alkanes of at least 4 members (excludes halogenated alkanes) is 7. The van der Waals surface area contributed by atoms with E-state index in [0.29, 0.717) is 0 Å². The van der Waals surface area contributed by atoms with E-state index in [1.54, 1.807) is 0 Å². The Kier molecular flexibility index (Phi) is 27.2. The molecule has 5 atom stereocenters. The average Bonchev–Trinajstić information content (AvgIpc) is 2.86. The average molecular weight is 535 g/mol. The standard InChI is InChI=1S/C38H78/c1-9-10-11-12-13-14-15-23-34(4)27-19-31-38(8)32-21-29-36(6)25-17-16-24-35(5)28-20-30-37(7)26-18-22-33(2)3/h33-38H,9-32H2,1-8H3. The molecule has 230 valence electrons. The zero-order chi connectivity index (χ0) is 28.4. The number of hydrogen-bond acceptors (Lipinski definition) is 0. The molecule has 0 aromatic rings. The van der Waals surface area contributed by atoms with Crippen LogP contribution < -0.4 is 0 Å². The van der Waals surface area contributed by atoms with Crippen LogP contribution in [0.2, 0.25) is 0 Å². The van der Waals surface area contributed by atoms with Crippen molar-refractivity contribution in [2.24, 2.45) is 35.5 Å². The maximum Gasteiger partial charge on any atom is -0.0443 e. The van der Waals surface area contributed by atoms with E-state index in [1.165, 1.54) is 154 Å². The van der Waals surface area contributed by atoms with E-state index in [9.17, 15) is 0 Å². The summed E-state index contributed by atoms with van der Waals surface area (Å²) in [6.45, 7) is 19.5. The molecule has 0 aliphatic heterocycles. The van der Waals surface area contributed by atoms with Gasteiger partial charge in [-0.2, -0.15) is 0 Å². The molecule has 0 heterocycles. The lowest BCUT2D eigenvalue weighted by molar-refractivity contribution is 0.364. The van der Waals surface area contributed by atoms with E-state index < -0.39 is 0 Å². The third-order valence-electron chi connectivity index (χ3n) is 9.60. The van der Waals surface area contributed by atoms with Crippen LogP contribution in [0.5, 0.6) is 0 Å². The lowest BCUT2D eigenvalue weighted by atomic mass is 9.89. The van der Waals surface area contributed by atoms with Crippen molar-refractivity contribution in [3.8, 4) is 0 Å². The lowest BCUT2D eigenvalue weighted by Crippen LogP contribution is -2.02. The highest BCUT2D eigenvalue weighted by molar-refractivity contribution is 4.63. The summed E-state index contributed by atoms with van der Waals surface area (Å²) in [4.78, 5) is 0. The van der Waals surface area contributed by atoms with Gasteiger partial charge in [-0.25, -0.2) is 0 Å². The molecular formula is C38H78. The van der Waals surface area contributed by atoms with Crippen LogP contribution in [-0.2, 0) is 0 Å². The van der Waals surface area contributed by atoms with E-state index in [2.05, 4.69) is 55.4 Å². The van der Waals surface area contributed by atoms with Crippen LogP contribution in [0.15, 0.2) is 0 Å². The fraction of sp³-hybridized carbons (Fsp3) is 1.00. The van der Waals surface area contributed by atoms with Crippen molar-refractivity contribution in [1.82, 2.24) is 0 Å². The van der Waals surface area contributed by atoms with Crippen molar-refractivity contribution in [3.05, 3.63) is 0 Å². The van der Waals surface area contributed by atoms with E-state index in [-0.39, 0.29) is 0 Å². The molecule has 0 spiro atoms. The second-order valence-corrected chi connectivity index (χ2v) is 14.8. The molecule has 38 heavy (non-hydrogen) atoms. The normalized spacial score (nSPS) is 16.0. The van der Waals surface area contributed by atoms with E-state index in [1.807, 2.05) is 0 Å². The van der Waals surface area contributed by atoms with Gasteiger partial charge in [0.05, 0.1) is 0 Å². The summed E-state index contributed by atoms with van der Waals surface area (Å²) in [5.74, 6) is 5.57. The van der Waals surface area contributed by atoms with Gasteiger partial charge in [-0.05, 0) is 35.5 Å². The smallest absolute Gasteiger partial charge is 0.0443 e. The molecule has 0 aromatic heterocycles. The maximum atomic E-state index is 2.51. The first kappa shape index (κ1) is 38.0. The van der Waals surface area contributed by atoms with Crippen molar-refractivity contribution in [3.63, 3.8) is 0 Å². The van der Waals surface area contributed by atoms with Crippen LogP contribution >= 0.6 is 0 Å². The minimum absolute atomic E-state index is 0.876. The highest BCUT2D eigenvalue weighted by atomic mass is 14.2. The summed E-state index contributed by atoms with van der Waals surface area (Å²) in [7, 11) is 0.